The molecule has 0 radical (unpaired) electrons. The van der Waals surface area contributed by atoms with Crippen molar-refractivity contribution in [3.05, 3.63) is 17.8 Å². The zero-order valence-corrected chi connectivity index (χ0v) is 13.6. The molecule has 1 saturated heterocycles. The lowest BCUT2D eigenvalue weighted by Crippen LogP contribution is -2.45. The largest absolute Gasteiger partial charge is 0.354 e. The zero-order valence-electron chi connectivity index (χ0n) is 13.6. The van der Waals surface area contributed by atoms with E-state index >= 15 is 0 Å². The van der Waals surface area contributed by atoms with Crippen LogP contribution in [0.25, 0.3) is 0 Å². The molecule has 1 aliphatic carbocycles. The second kappa shape index (κ2) is 6.30. The summed E-state index contributed by atoms with van der Waals surface area (Å²) in [7, 11) is 0. The van der Waals surface area contributed by atoms with Crippen molar-refractivity contribution >= 4 is 5.82 Å². The molecule has 0 bridgehead atoms. The summed E-state index contributed by atoms with van der Waals surface area (Å²) in [5, 5.41) is 8.62. The van der Waals surface area contributed by atoms with E-state index in [1.165, 1.54) is 32.4 Å². The minimum Gasteiger partial charge on any atom is -0.354 e. The van der Waals surface area contributed by atoms with Crippen molar-refractivity contribution in [3.63, 3.8) is 0 Å². The fourth-order valence-corrected chi connectivity index (χ4v) is 3.32. The molecule has 21 heavy (non-hydrogen) atoms. The average molecular weight is 288 g/mol. The number of anilines is 1. The summed E-state index contributed by atoms with van der Waals surface area (Å²) < 4.78 is 0. The molecule has 0 unspecified atom stereocenters. The molecule has 116 valence electrons. The van der Waals surface area contributed by atoms with Gasteiger partial charge >= 0.3 is 0 Å². The predicted molar refractivity (Wildman–Crippen MR) is 86.5 cm³/mol. The highest BCUT2D eigenvalue weighted by molar-refractivity contribution is 5.37. The third kappa shape index (κ3) is 3.73. The molecular formula is C17H28N4. The normalized spacial score (nSPS) is 24.4. The Morgan fingerprint density at radius 3 is 2.62 bits per heavy atom. The summed E-state index contributed by atoms with van der Waals surface area (Å²) in [6, 6.07) is 4.83. The summed E-state index contributed by atoms with van der Waals surface area (Å²) in [4.78, 5) is 5.17. The maximum atomic E-state index is 4.39. The Morgan fingerprint density at radius 1 is 1.19 bits per heavy atom. The van der Waals surface area contributed by atoms with Gasteiger partial charge in [0.25, 0.3) is 0 Å². The first kappa shape index (κ1) is 14.8. The van der Waals surface area contributed by atoms with Gasteiger partial charge in [-0.05, 0) is 50.2 Å². The SMILES string of the molecule is Cc1ccc(N2CCCN(CC3CC3)[C@@H](C(C)C)C2)nn1. The Labute approximate surface area is 128 Å². The van der Waals surface area contributed by atoms with E-state index in [0.29, 0.717) is 12.0 Å². The Bertz CT molecular complexity index is 452. The van der Waals surface area contributed by atoms with Gasteiger partial charge < -0.3 is 4.90 Å². The lowest BCUT2D eigenvalue weighted by atomic mass is 10.0. The molecule has 4 heteroatoms. The van der Waals surface area contributed by atoms with Crippen LogP contribution < -0.4 is 4.90 Å². The quantitative estimate of drug-likeness (QED) is 0.853. The third-order valence-electron chi connectivity index (χ3n) is 4.82. The number of aryl methyl sites for hydroxylation is 1. The molecule has 0 aromatic carbocycles. The van der Waals surface area contributed by atoms with Crippen LogP contribution >= 0.6 is 0 Å². The van der Waals surface area contributed by atoms with Crippen LogP contribution in [-0.2, 0) is 0 Å². The first-order chi connectivity index (χ1) is 10.1. The van der Waals surface area contributed by atoms with Crippen LogP contribution in [0.5, 0.6) is 0 Å². The number of hydrogen-bond acceptors (Lipinski definition) is 4. The second-order valence-electron chi connectivity index (χ2n) is 7.08. The van der Waals surface area contributed by atoms with E-state index in [4.69, 9.17) is 0 Å². The highest BCUT2D eigenvalue weighted by atomic mass is 15.3. The van der Waals surface area contributed by atoms with Gasteiger partial charge in [0.1, 0.15) is 0 Å². The van der Waals surface area contributed by atoms with Gasteiger partial charge in [-0.15, -0.1) is 5.10 Å². The van der Waals surface area contributed by atoms with Crippen molar-refractivity contribution in [2.45, 2.75) is 46.1 Å². The van der Waals surface area contributed by atoms with E-state index in [2.05, 4.69) is 46.0 Å². The van der Waals surface area contributed by atoms with Crippen LogP contribution in [0.15, 0.2) is 12.1 Å². The van der Waals surface area contributed by atoms with E-state index in [-0.39, 0.29) is 0 Å². The third-order valence-corrected chi connectivity index (χ3v) is 4.82. The summed E-state index contributed by atoms with van der Waals surface area (Å²) in [6.07, 6.45) is 4.11. The van der Waals surface area contributed by atoms with Gasteiger partial charge in [-0.1, -0.05) is 13.8 Å². The Hall–Kier alpha value is -1.16. The molecule has 0 amide bonds. The van der Waals surface area contributed by atoms with Gasteiger partial charge in [-0.25, -0.2) is 0 Å². The van der Waals surface area contributed by atoms with Crippen molar-refractivity contribution in [2.24, 2.45) is 11.8 Å². The first-order valence-electron chi connectivity index (χ1n) is 8.43. The highest BCUT2D eigenvalue weighted by Gasteiger charge is 2.32. The molecule has 1 saturated carbocycles. The monoisotopic (exact) mass is 288 g/mol. The van der Waals surface area contributed by atoms with Crippen LogP contribution in [0.4, 0.5) is 5.82 Å². The van der Waals surface area contributed by atoms with Crippen LogP contribution in [0, 0.1) is 18.8 Å². The van der Waals surface area contributed by atoms with Gasteiger partial charge in [0.15, 0.2) is 5.82 Å². The smallest absolute Gasteiger partial charge is 0.151 e. The van der Waals surface area contributed by atoms with Gasteiger partial charge in [0.2, 0.25) is 0 Å². The molecule has 1 atom stereocenters. The minimum absolute atomic E-state index is 0.635. The van der Waals surface area contributed by atoms with Crippen molar-refractivity contribution in [2.75, 3.05) is 31.1 Å². The van der Waals surface area contributed by atoms with E-state index in [1.807, 2.05) is 6.92 Å². The molecule has 3 rings (SSSR count). The standard InChI is InChI=1S/C17H28N4/c1-13(2)16-12-21(17-8-5-14(3)18-19-17)10-4-9-20(16)11-15-6-7-15/h5,8,13,15-16H,4,6-7,9-12H2,1-3H3/t16-/m1/s1. The maximum absolute atomic E-state index is 4.39. The fraction of sp³-hybridized carbons (Fsp3) is 0.765. The van der Waals surface area contributed by atoms with Gasteiger partial charge in [-0.2, -0.15) is 5.10 Å². The number of nitrogens with zero attached hydrogens (tertiary/aromatic N) is 4. The molecule has 2 aliphatic rings. The molecule has 0 N–H and O–H groups in total. The number of rotatable bonds is 4. The summed E-state index contributed by atoms with van der Waals surface area (Å²) in [6.45, 7) is 11.4. The first-order valence-corrected chi connectivity index (χ1v) is 8.43. The molecule has 0 spiro atoms. The molecule has 1 aromatic rings. The number of aromatic nitrogens is 2. The fourth-order valence-electron chi connectivity index (χ4n) is 3.32. The number of hydrogen-bond donors (Lipinski definition) is 0. The van der Waals surface area contributed by atoms with Crippen molar-refractivity contribution in [1.29, 1.82) is 0 Å². The van der Waals surface area contributed by atoms with E-state index in [1.54, 1.807) is 0 Å². The second-order valence-corrected chi connectivity index (χ2v) is 7.08. The van der Waals surface area contributed by atoms with Crippen LogP contribution in [-0.4, -0.2) is 47.3 Å². The molecule has 1 aliphatic heterocycles. The molecule has 2 heterocycles. The topological polar surface area (TPSA) is 32.3 Å². The van der Waals surface area contributed by atoms with Crippen LogP contribution in [0.2, 0.25) is 0 Å². The summed E-state index contributed by atoms with van der Waals surface area (Å²) in [5.41, 5.74) is 0.990. The molecule has 4 nitrogen and oxygen atoms in total. The van der Waals surface area contributed by atoms with Gasteiger partial charge in [-0.3, -0.25) is 4.90 Å². The van der Waals surface area contributed by atoms with Gasteiger partial charge in [0.05, 0.1) is 5.69 Å². The van der Waals surface area contributed by atoms with Crippen LogP contribution in [0.1, 0.15) is 38.8 Å². The predicted octanol–water partition coefficient (Wildman–Crippen LogP) is 2.73. The Morgan fingerprint density at radius 2 is 2.00 bits per heavy atom. The van der Waals surface area contributed by atoms with Crippen LogP contribution in [0.3, 0.4) is 0 Å². The average Bonchev–Trinajstić information content (AvgIpc) is 3.27. The summed E-state index contributed by atoms with van der Waals surface area (Å²) in [5.74, 6) is 2.69. The van der Waals surface area contributed by atoms with Crippen molar-refractivity contribution in [3.8, 4) is 0 Å². The van der Waals surface area contributed by atoms with Gasteiger partial charge in [0, 0.05) is 32.2 Å². The highest BCUT2D eigenvalue weighted by Crippen LogP contribution is 2.32. The zero-order chi connectivity index (χ0) is 14.8. The molecule has 1 aromatic heterocycles. The van der Waals surface area contributed by atoms with E-state index < -0.39 is 0 Å². The molecular weight excluding hydrogens is 260 g/mol. The minimum atomic E-state index is 0.635. The maximum Gasteiger partial charge on any atom is 0.151 e. The summed E-state index contributed by atoms with van der Waals surface area (Å²) >= 11 is 0. The lowest BCUT2D eigenvalue weighted by molar-refractivity contribution is 0.162. The lowest BCUT2D eigenvalue weighted by Gasteiger charge is -2.34. The van der Waals surface area contributed by atoms with Crippen molar-refractivity contribution < 1.29 is 0 Å². The van der Waals surface area contributed by atoms with Crippen molar-refractivity contribution in [1.82, 2.24) is 15.1 Å². The Kier molecular flexibility index (Phi) is 4.43. The molecule has 2 fully saturated rings. The van der Waals surface area contributed by atoms with E-state index in [9.17, 15) is 0 Å². The van der Waals surface area contributed by atoms with E-state index in [0.717, 1.165) is 30.5 Å². The Balaban J connectivity index is 1.73.